The van der Waals surface area contributed by atoms with Gasteiger partial charge in [-0.1, -0.05) is 32.6 Å². The minimum absolute atomic E-state index is 0.442. The van der Waals surface area contributed by atoms with E-state index < -0.39 is 0 Å². The van der Waals surface area contributed by atoms with Crippen LogP contribution in [-0.4, -0.2) is 11.2 Å². The Morgan fingerprint density at radius 1 is 1.29 bits per heavy atom. The second kappa shape index (κ2) is 7.22. The fraction of sp³-hybridized carbons (Fsp3) is 0.917. The SMILES string of the molecule is CCCCCCCC1CCCC(=S)O1. The Kier molecular flexibility index (Phi) is 6.17. The highest BCUT2D eigenvalue weighted by molar-refractivity contribution is 7.80. The predicted octanol–water partition coefficient (Wildman–Crippen LogP) is 4.24. The molecular formula is C12H22OS. The van der Waals surface area contributed by atoms with Crippen molar-refractivity contribution < 1.29 is 4.74 Å². The molecule has 82 valence electrons. The van der Waals surface area contributed by atoms with E-state index in [0.717, 1.165) is 11.5 Å². The van der Waals surface area contributed by atoms with Crippen molar-refractivity contribution in [3.05, 3.63) is 0 Å². The summed E-state index contributed by atoms with van der Waals surface area (Å²) >= 11 is 5.08. The first kappa shape index (κ1) is 12.0. The van der Waals surface area contributed by atoms with Crippen molar-refractivity contribution in [3.63, 3.8) is 0 Å². The topological polar surface area (TPSA) is 9.23 Å². The molecular weight excluding hydrogens is 192 g/mol. The van der Waals surface area contributed by atoms with Gasteiger partial charge in [-0.15, -0.1) is 0 Å². The first-order valence-electron chi connectivity index (χ1n) is 6.02. The van der Waals surface area contributed by atoms with Crippen LogP contribution >= 0.6 is 12.2 Å². The fourth-order valence-corrected chi connectivity index (χ4v) is 2.24. The van der Waals surface area contributed by atoms with E-state index in [0.29, 0.717) is 6.10 Å². The number of hydrogen-bond acceptors (Lipinski definition) is 2. The maximum absolute atomic E-state index is 5.62. The van der Waals surface area contributed by atoms with E-state index >= 15 is 0 Å². The van der Waals surface area contributed by atoms with Gasteiger partial charge in [0.2, 0.25) is 0 Å². The van der Waals surface area contributed by atoms with Gasteiger partial charge in [-0.25, -0.2) is 0 Å². The maximum atomic E-state index is 5.62. The molecule has 1 atom stereocenters. The van der Waals surface area contributed by atoms with Crippen LogP contribution in [0.5, 0.6) is 0 Å². The van der Waals surface area contributed by atoms with Crippen LogP contribution in [0.1, 0.15) is 64.7 Å². The van der Waals surface area contributed by atoms with E-state index in [1.54, 1.807) is 0 Å². The third-order valence-corrected chi connectivity index (χ3v) is 3.14. The van der Waals surface area contributed by atoms with Crippen molar-refractivity contribution in [1.82, 2.24) is 0 Å². The molecule has 1 aliphatic rings. The second-order valence-corrected chi connectivity index (χ2v) is 4.66. The lowest BCUT2D eigenvalue weighted by atomic mass is 10.0. The third kappa shape index (κ3) is 4.94. The summed E-state index contributed by atoms with van der Waals surface area (Å²) in [4.78, 5) is 0. The molecule has 0 aromatic carbocycles. The highest BCUT2D eigenvalue weighted by atomic mass is 32.1. The van der Waals surface area contributed by atoms with Crippen LogP contribution < -0.4 is 0 Å². The first-order valence-corrected chi connectivity index (χ1v) is 6.43. The largest absolute Gasteiger partial charge is 0.484 e. The summed E-state index contributed by atoms with van der Waals surface area (Å²) < 4.78 is 5.62. The second-order valence-electron chi connectivity index (χ2n) is 4.21. The molecule has 0 aliphatic carbocycles. The van der Waals surface area contributed by atoms with Gasteiger partial charge in [0.15, 0.2) is 5.05 Å². The maximum Gasteiger partial charge on any atom is 0.160 e. The average Bonchev–Trinajstić information content (AvgIpc) is 2.18. The number of rotatable bonds is 6. The van der Waals surface area contributed by atoms with Crippen LogP contribution in [0, 0.1) is 0 Å². The molecule has 1 nitrogen and oxygen atoms in total. The zero-order chi connectivity index (χ0) is 10.2. The van der Waals surface area contributed by atoms with E-state index in [4.69, 9.17) is 17.0 Å². The van der Waals surface area contributed by atoms with E-state index in [1.165, 1.54) is 51.4 Å². The van der Waals surface area contributed by atoms with Crippen LogP contribution in [0.2, 0.25) is 0 Å². The lowest BCUT2D eigenvalue weighted by Crippen LogP contribution is -2.22. The quantitative estimate of drug-likeness (QED) is 0.483. The van der Waals surface area contributed by atoms with Gasteiger partial charge in [0.25, 0.3) is 0 Å². The van der Waals surface area contributed by atoms with E-state index in [2.05, 4.69) is 6.92 Å². The molecule has 14 heavy (non-hydrogen) atoms. The summed E-state index contributed by atoms with van der Waals surface area (Å²) in [5.41, 5.74) is 0. The first-order chi connectivity index (χ1) is 6.83. The summed E-state index contributed by atoms with van der Waals surface area (Å²) in [7, 11) is 0. The van der Waals surface area contributed by atoms with Gasteiger partial charge in [0, 0.05) is 6.42 Å². The molecule has 0 spiro atoms. The number of thiocarbonyl (C=S) groups is 1. The molecule has 1 unspecified atom stereocenters. The zero-order valence-corrected chi connectivity index (χ0v) is 10.1. The van der Waals surface area contributed by atoms with Gasteiger partial charge in [0.05, 0.1) is 6.10 Å². The molecule has 0 amide bonds. The van der Waals surface area contributed by atoms with Gasteiger partial charge in [-0.2, -0.15) is 0 Å². The summed E-state index contributed by atoms with van der Waals surface area (Å²) in [6.07, 6.45) is 11.9. The molecule has 0 aromatic heterocycles. The van der Waals surface area contributed by atoms with Crippen molar-refractivity contribution in [1.29, 1.82) is 0 Å². The van der Waals surface area contributed by atoms with Crippen molar-refractivity contribution in [2.24, 2.45) is 0 Å². The Bertz CT molecular complexity index is 168. The summed E-state index contributed by atoms with van der Waals surface area (Å²) in [5, 5.41) is 0.842. The molecule has 1 heterocycles. The van der Waals surface area contributed by atoms with Crippen LogP contribution in [0.4, 0.5) is 0 Å². The number of ether oxygens (including phenoxy) is 1. The predicted molar refractivity (Wildman–Crippen MR) is 64.7 cm³/mol. The smallest absolute Gasteiger partial charge is 0.160 e. The summed E-state index contributed by atoms with van der Waals surface area (Å²) in [6.45, 7) is 2.25. The standard InChI is InChI=1S/C12H22OS/c1-2-3-4-5-6-8-11-9-7-10-12(14)13-11/h11H,2-10H2,1H3. The summed E-state index contributed by atoms with van der Waals surface area (Å²) in [5.74, 6) is 0. The van der Waals surface area contributed by atoms with Crippen LogP contribution in [0.25, 0.3) is 0 Å². The highest BCUT2D eigenvalue weighted by Crippen LogP contribution is 2.20. The third-order valence-electron chi connectivity index (χ3n) is 2.83. The van der Waals surface area contributed by atoms with Gasteiger partial charge >= 0.3 is 0 Å². The van der Waals surface area contributed by atoms with Crippen LogP contribution in [0.15, 0.2) is 0 Å². The lowest BCUT2D eigenvalue weighted by Gasteiger charge is -2.24. The molecule has 0 N–H and O–H groups in total. The normalized spacial score (nSPS) is 22.1. The van der Waals surface area contributed by atoms with Gasteiger partial charge in [0.1, 0.15) is 0 Å². The Morgan fingerprint density at radius 2 is 2.07 bits per heavy atom. The lowest BCUT2D eigenvalue weighted by molar-refractivity contribution is 0.143. The molecule has 0 saturated carbocycles. The van der Waals surface area contributed by atoms with Gasteiger partial charge in [-0.3, -0.25) is 0 Å². The van der Waals surface area contributed by atoms with Crippen molar-refractivity contribution in [2.45, 2.75) is 70.8 Å². The molecule has 1 rings (SSSR count). The zero-order valence-electron chi connectivity index (χ0n) is 9.26. The van der Waals surface area contributed by atoms with Crippen molar-refractivity contribution >= 4 is 17.3 Å². The van der Waals surface area contributed by atoms with Gasteiger partial charge in [-0.05, 0) is 37.9 Å². The number of unbranched alkanes of at least 4 members (excludes halogenated alkanes) is 4. The van der Waals surface area contributed by atoms with E-state index in [1.807, 2.05) is 0 Å². The molecule has 1 aliphatic heterocycles. The summed E-state index contributed by atoms with van der Waals surface area (Å²) in [6, 6.07) is 0. The Labute approximate surface area is 93.2 Å². The van der Waals surface area contributed by atoms with Crippen LogP contribution in [0.3, 0.4) is 0 Å². The Hall–Kier alpha value is -0.110. The molecule has 2 heteroatoms. The minimum Gasteiger partial charge on any atom is -0.484 e. The number of hydrogen-bond donors (Lipinski definition) is 0. The van der Waals surface area contributed by atoms with Gasteiger partial charge < -0.3 is 4.74 Å². The van der Waals surface area contributed by atoms with Crippen molar-refractivity contribution in [2.75, 3.05) is 0 Å². The fourth-order valence-electron chi connectivity index (χ4n) is 1.96. The molecule has 0 aromatic rings. The van der Waals surface area contributed by atoms with Crippen LogP contribution in [-0.2, 0) is 4.74 Å². The van der Waals surface area contributed by atoms with Crippen molar-refractivity contribution in [3.8, 4) is 0 Å². The Balaban J connectivity index is 1.97. The van der Waals surface area contributed by atoms with E-state index in [9.17, 15) is 0 Å². The highest BCUT2D eigenvalue weighted by Gasteiger charge is 2.16. The molecule has 0 radical (unpaired) electrons. The van der Waals surface area contributed by atoms with E-state index in [-0.39, 0.29) is 0 Å². The Morgan fingerprint density at radius 3 is 2.79 bits per heavy atom. The molecule has 1 saturated heterocycles. The molecule has 0 bridgehead atoms. The molecule has 1 fully saturated rings. The minimum atomic E-state index is 0.442. The monoisotopic (exact) mass is 214 g/mol. The average molecular weight is 214 g/mol.